The zero-order chi connectivity index (χ0) is 10.3. The summed E-state index contributed by atoms with van der Waals surface area (Å²) in [5.74, 6) is -2.15. The van der Waals surface area contributed by atoms with Crippen LogP contribution in [-0.4, -0.2) is 21.3 Å². The molecule has 0 spiro atoms. The molecular weight excluding hydrogens is 188 g/mol. The average Bonchev–Trinajstić information content (AvgIpc) is 2.43. The van der Waals surface area contributed by atoms with Gasteiger partial charge in [0.15, 0.2) is 0 Å². The molecule has 72 valence electrons. The Balaban J connectivity index is 2.76. The first-order valence-corrected chi connectivity index (χ1v) is 3.77. The van der Waals surface area contributed by atoms with Crippen molar-refractivity contribution in [1.82, 2.24) is 0 Å². The minimum Gasteiger partial charge on any atom is -0.501 e. The molecule has 1 aromatic heterocycles. The molecule has 0 saturated heterocycles. The molecule has 0 saturated carbocycles. The lowest BCUT2D eigenvalue weighted by atomic mass is 10.1. The predicted molar refractivity (Wildman–Crippen MR) is 46.5 cm³/mol. The lowest BCUT2D eigenvalue weighted by Gasteiger charge is -1.92. The van der Waals surface area contributed by atoms with Gasteiger partial charge in [0, 0.05) is 0 Å². The van der Waals surface area contributed by atoms with E-state index < -0.39 is 17.7 Å². The molecule has 0 aliphatic rings. The van der Waals surface area contributed by atoms with Crippen molar-refractivity contribution in [3.05, 3.63) is 23.8 Å². The van der Waals surface area contributed by atoms with Gasteiger partial charge in [0.05, 0.1) is 10.9 Å². The number of hydrogen-bond acceptors (Lipinski definition) is 4. The number of benzene rings is 1. The highest BCUT2D eigenvalue weighted by Gasteiger charge is 2.14. The topological polar surface area (TPSA) is 90.9 Å². The Bertz CT molecular complexity index is 511. The van der Waals surface area contributed by atoms with Crippen LogP contribution in [0.15, 0.2) is 22.6 Å². The van der Waals surface area contributed by atoms with Crippen LogP contribution in [0.25, 0.3) is 11.0 Å². The molecule has 5 heteroatoms. The minimum atomic E-state index is -1.10. The summed E-state index contributed by atoms with van der Waals surface area (Å²) in [5.41, 5.74) is 0.263. The fourth-order valence-electron chi connectivity index (χ4n) is 1.20. The number of aromatic hydroxyl groups is 2. The molecule has 0 radical (unpaired) electrons. The molecule has 1 heterocycles. The minimum absolute atomic E-state index is 0.0219. The third kappa shape index (κ3) is 1.06. The Labute approximate surface area is 77.8 Å². The molecule has 0 fully saturated rings. The molecule has 5 nitrogen and oxygen atoms in total. The number of aromatic carboxylic acids is 1. The standard InChI is InChI=1S/C9H6O5/c10-7-5-3-4(8(11)12)1-2-6(5)14-9(7)13/h1-3,10,13H,(H,11,12). The normalized spacial score (nSPS) is 10.6. The Kier molecular flexibility index (Phi) is 1.60. The van der Waals surface area contributed by atoms with E-state index in [4.69, 9.17) is 14.6 Å². The van der Waals surface area contributed by atoms with Gasteiger partial charge < -0.3 is 19.7 Å². The van der Waals surface area contributed by atoms with Gasteiger partial charge in [0.25, 0.3) is 0 Å². The van der Waals surface area contributed by atoms with Crippen molar-refractivity contribution in [2.24, 2.45) is 0 Å². The van der Waals surface area contributed by atoms with Crippen LogP contribution in [0, 0.1) is 0 Å². The van der Waals surface area contributed by atoms with Crippen LogP contribution >= 0.6 is 0 Å². The third-order valence-electron chi connectivity index (χ3n) is 1.89. The van der Waals surface area contributed by atoms with E-state index in [0.717, 1.165) is 0 Å². The molecule has 14 heavy (non-hydrogen) atoms. The van der Waals surface area contributed by atoms with Crippen molar-refractivity contribution in [2.75, 3.05) is 0 Å². The number of hydrogen-bond donors (Lipinski definition) is 3. The number of carboxylic acid groups (broad SMARTS) is 1. The molecule has 2 rings (SSSR count). The summed E-state index contributed by atoms with van der Waals surface area (Å²) in [5, 5.41) is 27.1. The molecule has 0 atom stereocenters. The molecule has 2 aromatic rings. The summed E-state index contributed by atoms with van der Waals surface area (Å²) >= 11 is 0. The molecule has 0 aliphatic carbocycles. The highest BCUT2D eigenvalue weighted by molar-refractivity contribution is 5.95. The molecule has 3 N–H and O–H groups in total. The first kappa shape index (κ1) is 8.43. The molecule has 0 bridgehead atoms. The van der Waals surface area contributed by atoms with E-state index in [1.54, 1.807) is 0 Å². The summed E-state index contributed by atoms with van der Waals surface area (Å²) in [6, 6.07) is 3.93. The zero-order valence-corrected chi connectivity index (χ0v) is 6.89. The first-order valence-electron chi connectivity index (χ1n) is 3.77. The van der Waals surface area contributed by atoms with E-state index >= 15 is 0 Å². The van der Waals surface area contributed by atoms with E-state index in [9.17, 15) is 9.90 Å². The molecule has 0 amide bonds. The van der Waals surface area contributed by atoms with Crippen molar-refractivity contribution in [1.29, 1.82) is 0 Å². The van der Waals surface area contributed by atoms with Gasteiger partial charge in [0.2, 0.25) is 5.75 Å². The van der Waals surface area contributed by atoms with E-state index in [-0.39, 0.29) is 16.5 Å². The maximum absolute atomic E-state index is 10.6. The van der Waals surface area contributed by atoms with Gasteiger partial charge in [-0.3, -0.25) is 0 Å². The van der Waals surface area contributed by atoms with Crippen molar-refractivity contribution in [3.8, 4) is 11.7 Å². The molecule has 0 aliphatic heterocycles. The second-order valence-corrected chi connectivity index (χ2v) is 2.77. The Morgan fingerprint density at radius 1 is 1.29 bits per heavy atom. The number of carboxylic acids is 1. The van der Waals surface area contributed by atoms with Gasteiger partial charge in [-0.15, -0.1) is 0 Å². The summed E-state index contributed by atoms with van der Waals surface area (Å²) in [4.78, 5) is 10.6. The van der Waals surface area contributed by atoms with Crippen molar-refractivity contribution in [3.63, 3.8) is 0 Å². The van der Waals surface area contributed by atoms with Gasteiger partial charge in [-0.05, 0) is 18.2 Å². The van der Waals surface area contributed by atoms with Crippen molar-refractivity contribution < 1.29 is 24.5 Å². The van der Waals surface area contributed by atoms with Crippen LogP contribution in [0.2, 0.25) is 0 Å². The van der Waals surface area contributed by atoms with E-state index in [2.05, 4.69) is 0 Å². The summed E-state index contributed by atoms with van der Waals surface area (Å²) < 4.78 is 4.75. The quantitative estimate of drug-likeness (QED) is 0.640. The van der Waals surface area contributed by atoms with E-state index in [0.29, 0.717) is 0 Å². The average molecular weight is 194 g/mol. The molecule has 0 unspecified atom stereocenters. The van der Waals surface area contributed by atoms with Gasteiger partial charge in [0.1, 0.15) is 5.58 Å². The van der Waals surface area contributed by atoms with Crippen LogP contribution in [0.1, 0.15) is 10.4 Å². The summed E-state index contributed by atoms with van der Waals surface area (Å²) in [6.07, 6.45) is 0. The van der Waals surface area contributed by atoms with Gasteiger partial charge in [-0.1, -0.05) is 0 Å². The van der Waals surface area contributed by atoms with Crippen LogP contribution < -0.4 is 0 Å². The first-order chi connectivity index (χ1) is 6.59. The second-order valence-electron chi connectivity index (χ2n) is 2.77. The summed E-state index contributed by atoms with van der Waals surface area (Å²) in [6.45, 7) is 0. The Hall–Kier alpha value is -2.17. The highest BCUT2D eigenvalue weighted by atomic mass is 16.5. The van der Waals surface area contributed by atoms with E-state index in [1.807, 2.05) is 0 Å². The smallest absolute Gasteiger partial charge is 0.335 e. The maximum atomic E-state index is 10.6. The monoisotopic (exact) mass is 194 g/mol. The third-order valence-corrected chi connectivity index (χ3v) is 1.89. The Morgan fingerprint density at radius 3 is 2.64 bits per heavy atom. The van der Waals surface area contributed by atoms with Crippen LogP contribution in [0.4, 0.5) is 0 Å². The zero-order valence-electron chi connectivity index (χ0n) is 6.89. The van der Waals surface area contributed by atoms with Gasteiger partial charge in [-0.2, -0.15) is 0 Å². The molecule has 1 aromatic carbocycles. The van der Waals surface area contributed by atoms with E-state index in [1.165, 1.54) is 18.2 Å². The van der Waals surface area contributed by atoms with Gasteiger partial charge >= 0.3 is 11.9 Å². The Morgan fingerprint density at radius 2 is 2.00 bits per heavy atom. The number of rotatable bonds is 1. The van der Waals surface area contributed by atoms with Crippen molar-refractivity contribution in [2.45, 2.75) is 0 Å². The lowest BCUT2D eigenvalue weighted by Crippen LogP contribution is -1.94. The lowest BCUT2D eigenvalue weighted by molar-refractivity contribution is 0.0697. The van der Waals surface area contributed by atoms with Crippen molar-refractivity contribution >= 4 is 16.9 Å². The van der Waals surface area contributed by atoms with Gasteiger partial charge in [-0.25, -0.2) is 4.79 Å². The van der Waals surface area contributed by atoms with Crippen LogP contribution in [0.5, 0.6) is 11.7 Å². The number of fused-ring (bicyclic) bond motifs is 1. The predicted octanol–water partition coefficient (Wildman–Crippen LogP) is 1.54. The maximum Gasteiger partial charge on any atom is 0.335 e. The highest BCUT2D eigenvalue weighted by Crippen LogP contribution is 2.37. The SMILES string of the molecule is O=C(O)c1ccc2oc(O)c(O)c2c1. The molecular formula is C9H6O5. The fourth-order valence-corrected chi connectivity index (χ4v) is 1.20. The van der Waals surface area contributed by atoms with Crippen LogP contribution in [-0.2, 0) is 0 Å². The number of carbonyl (C=O) groups is 1. The van der Waals surface area contributed by atoms with Crippen LogP contribution in [0.3, 0.4) is 0 Å². The number of furan rings is 1. The largest absolute Gasteiger partial charge is 0.501 e. The summed E-state index contributed by atoms with van der Waals surface area (Å²) in [7, 11) is 0. The fraction of sp³-hybridized carbons (Fsp3) is 0. The second kappa shape index (κ2) is 2.66.